The molecular formula is C21H23N3O5. The van der Waals surface area contributed by atoms with Crippen molar-refractivity contribution < 1.29 is 23.5 Å². The van der Waals surface area contributed by atoms with E-state index in [1.807, 2.05) is 17.0 Å². The average molecular weight is 397 g/mol. The fourth-order valence-electron chi connectivity index (χ4n) is 3.95. The van der Waals surface area contributed by atoms with Crippen LogP contribution >= 0.6 is 0 Å². The van der Waals surface area contributed by atoms with Crippen molar-refractivity contribution in [3.05, 3.63) is 47.4 Å². The first-order valence-electron chi connectivity index (χ1n) is 9.68. The van der Waals surface area contributed by atoms with Crippen molar-refractivity contribution in [3.63, 3.8) is 0 Å². The Morgan fingerprint density at radius 3 is 2.72 bits per heavy atom. The monoisotopic (exact) mass is 397 g/mol. The molecule has 1 atom stereocenters. The zero-order valence-corrected chi connectivity index (χ0v) is 16.2. The highest BCUT2D eigenvalue weighted by Gasteiger charge is 2.30. The Balaban J connectivity index is 1.42. The van der Waals surface area contributed by atoms with Gasteiger partial charge in [-0.05, 0) is 54.7 Å². The minimum atomic E-state index is -0.748. The van der Waals surface area contributed by atoms with Crippen LogP contribution in [0, 0.1) is 0 Å². The molecule has 1 unspecified atom stereocenters. The van der Waals surface area contributed by atoms with Gasteiger partial charge >= 0.3 is 11.8 Å². The maximum absolute atomic E-state index is 12.3. The molecule has 0 bridgehead atoms. The Hall–Kier alpha value is -3.13. The highest BCUT2D eigenvalue weighted by Crippen LogP contribution is 2.37. The van der Waals surface area contributed by atoms with Crippen molar-refractivity contribution in [3.8, 4) is 0 Å². The lowest BCUT2D eigenvalue weighted by molar-refractivity contribution is -0.136. The van der Waals surface area contributed by atoms with E-state index in [0.29, 0.717) is 24.3 Å². The summed E-state index contributed by atoms with van der Waals surface area (Å²) >= 11 is 0. The number of ether oxygens (including phenoxy) is 1. The fraction of sp³-hybridized carbons (Fsp3) is 0.381. The number of hydrogen-bond acceptors (Lipinski definition) is 5. The Morgan fingerprint density at radius 1 is 1.21 bits per heavy atom. The zero-order chi connectivity index (χ0) is 20.4. The summed E-state index contributed by atoms with van der Waals surface area (Å²) in [5.41, 5.74) is 3.63. The number of carbonyl (C=O) groups is 3. The maximum atomic E-state index is 12.3. The number of carbonyl (C=O) groups excluding carboxylic acids is 3. The first-order chi connectivity index (χ1) is 14.1. The van der Waals surface area contributed by atoms with E-state index in [9.17, 15) is 14.4 Å². The average Bonchev–Trinajstić information content (AvgIpc) is 3.25. The van der Waals surface area contributed by atoms with Crippen LogP contribution in [0.15, 0.2) is 34.9 Å². The van der Waals surface area contributed by atoms with Crippen LogP contribution in [0.25, 0.3) is 0 Å². The third-order valence-electron chi connectivity index (χ3n) is 5.33. The van der Waals surface area contributed by atoms with E-state index in [2.05, 4.69) is 10.6 Å². The zero-order valence-electron chi connectivity index (χ0n) is 16.2. The normalized spacial score (nSPS) is 16.2. The lowest BCUT2D eigenvalue weighted by Gasteiger charge is -2.35. The number of amides is 3. The van der Waals surface area contributed by atoms with Gasteiger partial charge < -0.3 is 24.7 Å². The highest BCUT2D eigenvalue weighted by atomic mass is 16.5. The third kappa shape index (κ3) is 3.88. The predicted molar refractivity (Wildman–Crippen MR) is 106 cm³/mol. The summed E-state index contributed by atoms with van der Waals surface area (Å²) in [6.45, 7) is 0.853. The van der Waals surface area contributed by atoms with Crippen LogP contribution in [0.3, 0.4) is 0 Å². The summed E-state index contributed by atoms with van der Waals surface area (Å²) in [6, 6.07) is 7.19. The Kier molecular flexibility index (Phi) is 5.35. The molecule has 0 saturated heterocycles. The largest absolute Gasteiger partial charge is 0.467 e. The Labute approximate surface area is 168 Å². The molecule has 8 nitrogen and oxygen atoms in total. The first-order valence-corrected chi connectivity index (χ1v) is 9.68. The fourth-order valence-corrected chi connectivity index (χ4v) is 3.95. The van der Waals surface area contributed by atoms with Crippen molar-refractivity contribution in [1.29, 1.82) is 0 Å². The van der Waals surface area contributed by atoms with Crippen molar-refractivity contribution in [2.45, 2.75) is 31.8 Å². The van der Waals surface area contributed by atoms with Gasteiger partial charge in [0.05, 0.1) is 18.5 Å². The number of methoxy groups -OCH3 is 1. The molecule has 0 fully saturated rings. The van der Waals surface area contributed by atoms with Crippen LogP contribution in [0.1, 0.15) is 35.8 Å². The van der Waals surface area contributed by atoms with Crippen LogP contribution in [0.5, 0.6) is 0 Å². The number of rotatable bonds is 5. The van der Waals surface area contributed by atoms with E-state index in [4.69, 9.17) is 9.15 Å². The van der Waals surface area contributed by atoms with Gasteiger partial charge in [0, 0.05) is 25.8 Å². The van der Waals surface area contributed by atoms with Gasteiger partial charge in [-0.3, -0.25) is 14.4 Å². The second-order valence-electron chi connectivity index (χ2n) is 7.20. The van der Waals surface area contributed by atoms with Gasteiger partial charge in [0.15, 0.2) is 0 Å². The molecule has 0 radical (unpaired) electrons. The van der Waals surface area contributed by atoms with Gasteiger partial charge in [-0.1, -0.05) is 0 Å². The second-order valence-corrected chi connectivity index (χ2v) is 7.20. The maximum Gasteiger partial charge on any atom is 0.313 e. The van der Waals surface area contributed by atoms with E-state index in [-0.39, 0.29) is 12.5 Å². The quantitative estimate of drug-likeness (QED) is 0.751. The van der Waals surface area contributed by atoms with Crippen molar-refractivity contribution >= 4 is 29.1 Å². The molecule has 8 heteroatoms. The molecule has 2 aliphatic heterocycles. The number of aryl methyl sites for hydroxylation is 2. The second kappa shape index (κ2) is 8.08. The van der Waals surface area contributed by atoms with E-state index >= 15 is 0 Å². The van der Waals surface area contributed by atoms with Crippen LogP contribution in [0.2, 0.25) is 0 Å². The molecule has 0 saturated carbocycles. The summed E-state index contributed by atoms with van der Waals surface area (Å²) in [5.74, 6) is -0.771. The van der Waals surface area contributed by atoms with Crippen molar-refractivity contribution in [2.75, 3.05) is 30.4 Å². The van der Waals surface area contributed by atoms with Crippen molar-refractivity contribution in [1.82, 2.24) is 5.32 Å². The van der Waals surface area contributed by atoms with Gasteiger partial charge in [-0.2, -0.15) is 0 Å². The number of nitrogens with zero attached hydrogens (tertiary/aromatic N) is 1. The van der Waals surface area contributed by atoms with Crippen molar-refractivity contribution in [2.24, 2.45) is 0 Å². The number of benzene rings is 1. The Bertz CT molecular complexity index is 921. The van der Waals surface area contributed by atoms with E-state index in [0.717, 1.165) is 36.2 Å². The molecule has 2 aliphatic rings. The molecule has 3 heterocycles. The molecule has 152 valence electrons. The van der Waals surface area contributed by atoms with Gasteiger partial charge in [0.2, 0.25) is 5.91 Å². The summed E-state index contributed by atoms with van der Waals surface area (Å²) < 4.78 is 10.6. The lowest BCUT2D eigenvalue weighted by atomic mass is 9.91. The topological polar surface area (TPSA) is 101 Å². The van der Waals surface area contributed by atoms with Crippen LogP contribution < -0.4 is 15.5 Å². The number of anilines is 2. The number of hydrogen-bond donors (Lipinski definition) is 2. The summed E-state index contributed by atoms with van der Waals surface area (Å²) in [5, 5.41) is 5.24. The summed E-state index contributed by atoms with van der Waals surface area (Å²) in [6.07, 6.45) is 3.90. The van der Waals surface area contributed by atoms with Gasteiger partial charge in [-0.25, -0.2) is 0 Å². The lowest BCUT2D eigenvalue weighted by Crippen LogP contribution is -2.40. The van der Waals surface area contributed by atoms with Crippen LogP contribution in [-0.4, -0.2) is 37.9 Å². The minimum absolute atomic E-state index is 0.114. The standard InChI is InChI=1S/C21H23N3O5/c1-28-17(16-5-3-9-29-16)12-22-20(26)21(27)23-15-10-13-4-2-8-24-18(25)7-6-14(11-15)19(13)24/h3,5,9-11,17H,2,4,6-8,12H2,1H3,(H,22,26)(H,23,27). The van der Waals surface area contributed by atoms with E-state index in [1.54, 1.807) is 12.1 Å². The third-order valence-corrected chi connectivity index (χ3v) is 5.33. The predicted octanol–water partition coefficient (Wildman–Crippen LogP) is 1.95. The van der Waals surface area contributed by atoms with E-state index in [1.165, 1.54) is 13.4 Å². The molecular weight excluding hydrogens is 374 g/mol. The van der Waals surface area contributed by atoms with Gasteiger partial charge in [0.1, 0.15) is 11.9 Å². The molecule has 0 aliphatic carbocycles. The van der Waals surface area contributed by atoms with Gasteiger partial charge in [0.25, 0.3) is 0 Å². The first kappa shape index (κ1) is 19.2. The summed E-state index contributed by atoms with van der Waals surface area (Å²) in [7, 11) is 1.51. The Morgan fingerprint density at radius 2 is 2.00 bits per heavy atom. The van der Waals surface area contributed by atoms with Crippen LogP contribution in [0.4, 0.5) is 11.4 Å². The molecule has 0 spiro atoms. The molecule has 2 N–H and O–H groups in total. The van der Waals surface area contributed by atoms with Crippen LogP contribution in [-0.2, 0) is 32.0 Å². The number of furan rings is 1. The smallest absolute Gasteiger partial charge is 0.313 e. The molecule has 1 aromatic heterocycles. The molecule has 1 aromatic carbocycles. The molecule has 29 heavy (non-hydrogen) atoms. The minimum Gasteiger partial charge on any atom is -0.467 e. The van der Waals surface area contributed by atoms with E-state index < -0.39 is 17.9 Å². The summed E-state index contributed by atoms with van der Waals surface area (Å²) in [4.78, 5) is 38.6. The SMILES string of the molecule is COC(CNC(=O)C(=O)Nc1cc2c3c(c1)CCC(=O)N3CCC2)c1ccco1. The number of nitrogens with one attached hydrogen (secondary N) is 2. The van der Waals surface area contributed by atoms with Gasteiger partial charge in [-0.15, -0.1) is 0 Å². The molecule has 4 rings (SSSR count). The molecule has 3 amide bonds. The molecule has 2 aromatic rings. The highest BCUT2D eigenvalue weighted by molar-refractivity contribution is 6.39.